The van der Waals surface area contributed by atoms with Gasteiger partial charge in [0, 0.05) is 11.6 Å². The molecule has 4 aromatic rings. The Hall–Kier alpha value is -3.93. The van der Waals surface area contributed by atoms with Gasteiger partial charge in [0.05, 0.1) is 24.6 Å². The lowest BCUT2D eigenvalue weighted by atomic mass is 10.0. The summed E-state index contributed by atoms with van der Waals surface area (Å²) < 4.78 is 6.90. The van der Waals surface area contributed by atoms with Crippen molar-refractivity contribution >= 4 is 22.5 Å². The number of carbonyl (C=O) groups excluding carboxylic acids is 1. The van der Waals surface area contributed by atoms with Crippen molar-refractivity contribution in [2.45, 2.75) is 26.3 Å². The molecule has 0 aliphatic heterocycles. The second-order valence-electron chi connectivity index (χ2n) is 8.47. The van der Waals surface area contributed by atoms with Crippen LogP contribution in [-0.2, 0) is 11.3 Å². The molecule has 166 valence electrons. The van der Waals surface area contributed by atoms with Gasteiger partial charge in [0.25, 0.3) is 5.56 Å². The second-order valence-corrected chi connectivity index (χ2v) is 8.47. The zero-order valence-electron chi connectivity index (χ0n) is 18.7. The van der Waals surface area contributed by atoms with Crippen LogP contribution in [-0.4, -0.2) is 22.6 Å². The molecule has 0 saturated heterocycles. The Kier molecular flexibility index (Phi) is 5.42. The fraction of sp³-hybridized carbons (Fsp3) is 0.222. The maximum Gasteiger partial charge on any atom is 0.261 e. The third-order valence-corrected chi connectivity index (χ3v) is 6.08. The van der Waals surface area contributed by atoms with Gasteiger partial charge in [-0.3, -0.25) is 14.2 Å². The molecule has 1 aliphatic rings. The van der Waals surface area contributed by atoms with Crippen molar-refractivity contribution in [1.29, 1.82) is 0 Å². The number of rotatable bonds is 6. The predicted molar refractivity (Wildman–Crippen MR) is 130 cm³/mol. The number of fused-ring (bicyclic) bond motifs is 1. The van der Waals surface area contributed by atoms with Crippen LogP contribution in [0, 0.1) is 12.8 Å². The van der Waals surface area contributed by atoms with E-state index in [0.717, 1.165) is 35.3 Å². The van der Waals surface area contributed by atoms with Crippen molar-refractivity contribution in [3.63, 3.8) is 0 Å². The standard InChI is InChI=1S/C27H25N3O3/c1-17-28-25-14-11-22(29-26(31)21-7-8-21)15-24(25)27(32)30(17)16-18-3-5-19(6-4-18)20-9-12-23(33-2)13-10-20/h3-6,9-15,21H,7-8,16H2,1-2H3,(H,29,31). The molecule has 1 aromatic heterocycles. The molecule has 0 atom stereocenters. The van der Waals surface area contributed by atoms with Crippen molar-refractivity contribution in [3.05, 3.63) is 88.5 Å². The van der Waals surface area contributed by atoms with E-state index in [9.17, 15) is 9.59 Å². The lowest BCUT2D eigenvalue weighted by Crippen LogP contribution is -2.24. The molecule has 33 heavy (non-hydrogen) atoms. The van der Waals surface area contributed by atoms with Gasteiger partial charge in [-0.1, -0.05) is 36.4 Å². The van der Waals surface area contributed by atoms with E-state index in [1.807, 2.05) is 43.3 Å². The largest absolute Gasteiger partial charge is 0.497 e. The van der Waals surface area contributed by atoms with Crippen LogP contribution < -0.4 is 15.6 Å². The summed E-state index contributed by atoms with van der Waals surface area (Å²) >= 11 is 0. The second kappa shape index (κ2) is 8.54. The van der Waals surface area contributed by atoms with E-state index >= 15 is 0 Å². The van der Waals surface area contributed by atoms with Crippen LogP contribution in [0.5, 0.6) is 5.75 Å². The highest BCUT2D eigenvalue weighted by molar-refractivity contribution is 5.96. The van der Waals surface area contributed by atoms with Crippen molar-refractivity contribution in [3.8, 4) is 16.9 Å². The SMILES string of the molecule is COc1ccc(-c2ccc(Cn3c(C)nc4ccc(NC(=O)C5CC5)cc4c3=O)cc2)cc1. The van der Waals surface area contributed by atoms with Crippen molar-refractivity contribution in [1.82, 2.24) is 9.55 Å². The van der Waals surface area contributed by atoms with Gasteiger partial charge in [0.15, 0.2) is 0 Å². The number of aryl methyl sites for hydroxylation is 1. The number of carbonyl (C=O) groups is 1. The molecule has 6 heteroatoms. The van der Waals surface area contributed by atoms with Crippen LogP contribution in [0.1, 0.15) is 24.2 Å². The molecule has 1 aliphatic carbocycles. The first-order chi connectivity index (χ1) is 16.0. The van der Waals surface area contributed by atoms with E-state index in [2.05, 4.69) is 22.4 Å². The van der Waals surface area contributed by atoms with Gasteiger partial charge in [-0.2, -0.15) is 0 Å². The summed E-state index contributed by atoms with van der Waals surface area (Å²) in [6.45, 7) is 2.27. The van der Waals surface area contributed by atoms with Crippen LogP contribution >= 0.6 is 0 Å². The fourth-order valence-electron chi connectivity index (χ4n) is 3.95. The monoisotopic (exact) mass is 439 g/mol. The topological polar surface area (TPSA) is 73.2 Å². The number of aromatic nitrogens is 2. The average molecular weight is 440 g/mol. The predicted octanol–water partition coefficient (Wildman–Crippen LogP) is 4.78. The summed E-state index contributed by atoms with van der Waals surface area (Å²) in [6.07, 6.45) is 1.87. The molecule has 1 fully saturated rings. The zero-order chi connectivity index (χ0) is 22.9. The molecule has 1 N–H and O–H groups in total. The van der Waals surface area contributed by atoms with Gasteiger partial charge >= 0.3 is 0 Å². The van der Waals surface area contributed by atoms with Crippen LogP contribution in [0.3, 0.4) is 0 Å². The van der Waals surface area contributed by atoms with Crippen molar-refractivity contribution < 1.29 is 9.53 Å². The first kappa shape index (κ1) is 20.9. The van der Waals surface area contributed by atoms with Crippen molar-refractivity contribution in [2.75, 3.05) is 12.4 Å². The Balaban J connectivity index is 1.41. The number of amides is 1. The number of nitrogens with one attached hydrogen (secondary N) is 1. The molecule has 1 saturated carbocycles. The number of ether oxygens (including phenoxy) is 1. The van der Waals surface area contributed by atoms with Gasteiger partial charge in [-0.05, 0) is 66.8 Å². The first-order valence-corrected chi connectivity index (χ1v) is 11.1. The summed E-state index contributed by atoms with van der Waals surface area (Å²) in [6, 6.07) is 21.4. The van der Waals surface area contributed by atoms with E-state index in [4.69, 9.17) is 4.74 Å². The molecule has 0 bridgehead atoms. The quantitative estimate of drug-likeness (QED) is 0.469. The van der Waals surface area contributed by atoms with Crippen LogP contribution in [0.4, 0.5) is 5.69 Å². The van der Waals surface area contributed by atoms with Crippen LogP contribution in [0.2, 0.25) is 0 Å². The van der Waals surface area contributed by atoms with Gasteiger partial charge in [-0.25, -0.2) is 4.98 Å². The Bertz CT molecular complexity index is 1390. The highest BCUT2D eigenvalue weighted by Gasteiger charge is 2.29. The van der Waals surface area contributed by atoms with Crippen LogP contribution in [0.15, 0.2) is 71.5 Å². The number of hydrogen-bond acceptors (Lipinski definition) is 4. The highest BCUT2D eigenvalue weighted by Crippen LogP contribution is 2.30. The normalized spacial score (nSPS) is 13.2. The minimum atomic E-state index is -0.112. The smallest absolute Gasteiger partial charge is 0.261 e. The average Bonchev–Trinajstić information content (AvgIpc) is 3.68. The molecular weight excluding hydrogens is 414 g/mol. The molecule has 5 rings (SSSR count). The lowest BCUT2D eigenvalue weighted by molar-refractivity contribution is -0.117. The van der Waals surface area contributed by atoms with E-state index in [-0.39, 0.29) is 17.4 Å². The number of anilines is 1. The Labute approximate surface area is 191 Å². The van der Waals surface area contributed by atoms with Gasteiger partial charge < -0.3 is 10.1 Å². The Morgan fingerprint density at radius 2 is 1.70 bits per heavy atom. The summed E-state index contributed by atoms with van der Waals surface area (Å²) in [4.78, 5) is 30.0. The summed E-state index contributed by atoms with van der Waals surface area (Å²) in [5, 5.41) is 3.42. The van der Waals surface area contributed by atoms with E-state index < -0.39 is 0 Å². The molecule has 6 nitrogen and oxygen atoms in total. The Morgan fingerprint density at radius 3 is 2.33 bits per heavy atom. The molecule has 0 spiro atoms. The van der Waals surface area contributed by atoms with Gasteiger partial charge in [0.2, 0.25) is 5.91 Å². The lowest BCUT2D eigenvalue weighted by Gasteiger charge is -2.12. The molecule has 3 aromatic carbocycles. The molecule has 1 heterocycles. The fourth-order valence-corrected chi connectivity index (χ4v) is 3.95. The third kappa shape index (κ3) is 4.37. The maximum absolute atomic E-state index is 13.3. The number of hydrogen-bond donors (Lipinski definition) is 1. The number of methoxy groups -OCH3 is 1. The van der Waals surface area contributed by atoms with Gasteiger partial charge in [-0.15, -0.1) is 0 Å². The minimum Gasteiger partial charge on any atom is -0.497 e. The highest BCUT2D eigenvalue weighted by atomic mass is 16.5. The first-order valence-electron chi connectivity index (χ1n) is 11.1. The summed E-state index contributed by atoms with van der Waals surface area (Å²) in [7, 11) is 1.65. The summed E-state index contributed by atoms with van der Waals surface area (Å²) in [5.74, 6) is 1.60. The molecule has 1 amide bonds. The Morgan fingerprint density at radius 1 is 1.03 bits per heavy atom. The molecular formula is C27H25N3O3. The molecule has 0 unspecified atom stereocenters. The number of nitrogens with zero attached hydrogens (tertiary/aromatic N) is 2. The summed E-state index contributed by atoms with van der Waals surface area (Å²) in [5.41, 5.74) is 4.36. The van der Waals surface area contributed by atoms with Crippen molar-refractivity contribution in [2.24, 2.45) is 5.92 Å². The van der Waals surface area contributed by atoms with E-state index in [0.29, 0.717) is 29.0 Å². The zero-order valence-corrected chi connectivity index (χ0v) is 18.7. The van der Waals surface area contributed by atoms with Gasteiger partial charge in [0.1, 0.15) is 11.6 Å². The van der Waals surface area contributed by atoms with E-state index in [1.54, 1.807) is 29.9 Å². The maximum atomic E-state index is 13.3. The van der Waals surface area contributed by atoms with Crippen LogP contribution in [0.25, 0.3) is 22.0 Å². The third-order valence-electron chi connectivity index (χ3n) is 6.08. The minimum absolute atomic E-state index is 0.0201. The number of benzene rings is 3. The molecule has 0 radical (unpaired) electrons. The van der Waals surface area contributed by atoms with E-state index in [1.165, 1.54) is 0 Å².